The van der Waals surface area contributed by atoms with Crippen LogP contribution in [0.5, 0.6) is 11.5 Å². The van der Waals surface area contributed by atoms with Gasteiger partial charge < -0.3 is 28.4 Å². The van der Waals surface area contributed by atoms with Crippen LogP contribution in [-0.4, -0.2) is 84.1 Å². The normalized spacial score (nSPS) is 17.8. The second-order valence-corrected chi connectivity index (χ2v) is 10.5. The molecule has 0 atom stereocenters. The van der Waals surface area contributed by atoms with Crippen molar-refractivity contribution < 1.29 is 28.4 Å². The maximum atomic E-state index is 5.95. The fraction of sp³-hybridized carbons (Fsp3) is 0.371. The van der Waals surface area contributed by atoms with Gasteiger partial charge in [-0.15, -0.1) is 0 Å². The molecule has 7 nitrogen and oxygen atoms in total. The zero-order chi connectivity index (χ0) is 28.4. The Hall–Kier alpha value is -3.46. The highest BCUT2D eigenvalue weighted by Crippen LogP contribution is 2.36. The Labute approximate surface area is 247 Å². The van der Waals surface area contributed by atoms with Gasteiger partial charge in [0.15, 0.2) is 11.5 Å². The lowest BCUT2D eigenvalue weighted by Gasteiger charge is -2.24. The molecule has 5 aromatic rings. The van der Waals surface area contributed by atoms with Gasteiger partial charge in [-0.2, -0.15) is 0 Å². The predicted molar refractivity (Wildman–Crippen MR) is 166 cm³/mol. The van der Waals surface area contributed by atoms with Gasteiger partial charge in [0.25, 0.3) is 0 Å². The molecule has 0 N–H and O–H groups in total. The highest BCUT2D eigenvalue weighted by atomic mass is 16.6. The molecule has 0 aromatic heterocycles. The fourth-order valence-electron chi connectivity index (χ4n) is 5.59. The minimum absolute atomic E-state index is 0.446. The van der Waals surface area contributed by atoms with Gasteiger partial charge in [0.2, 0.25) is 0 Å². The van der Waals surface area contributed by atoms with Crippen LogP contribution in [0, 0.1) is 0 Å². The van der Waals surface area contributed by atoms with Crippen molar-refractivity contribution in [2.75, 3.05) is 79.2 Å². The number of nitrogens with zero attached hydrogens (tertiary/aromatic N) is 1. The van der Waals surface area contributed by atoms with Crippen molar-refractivity contribution in [3.63, 3.8) is 0 Å². The Bertz CT molecular complexity index is 1500. The summed E-state index contributed by atoms with van der Waals surface area (Å²) < 4.78 is 35.1. The lowest BCUT2D eigenvalue weighted by molar-refractivity contribution is 0.0173. The standard InChI is InChI=1S/C35H39NO6/c1-2-7-33-32(6-1)41-24-22-39-20-18-37-16-14-36(15-17-38-19-21-40-23-25-42-33)26-30-11-10-29-9-8-27-4-3-5-28-12-13-31(30)35(29)34(27)28/h1-13H,14-26H2. The molecule has 0 saturated heterocycles. The van der Waals surface area contributed by atoms with E-state index in [2.05, 4.69) is 59.5 Å². The zero-order valence-electron chi connectivity index (χ0n) is 24.1. The predicted octanol–water partition coefficient (Wildman–Crippen LogP) is 5.92. The van der Waals surface area contributed by atoms with Gasteiger partial charge >= 0.3 is 0 Å². The first-order chi connectivity index (χ1) is 20.9. The van der Waals surface area contributed by atoms with E-state index in [9.17, 15) is 0 Å². The lowest BCUT2D eigenvalue weighted by Crippen LogP contribution is -2.31. The molecule has 0 aliphatic carbocycles. The number of rotatable bonds is 2. The van der Waals surface area contributed by atoms with Crippen molar-refractivity contribution in [1.29, 1.82) is 0 Å². The lowest BCUT2D eigenvalue weighted by atomic mass is 9.92. The third kappa shape index (κ3) is 7.12. The Morgan fingerprint density at radius 3 is 1.57 bits per heavy atom. The van der Waals surface area contributed by atoms with E-state index >= 15 is 0 Å². The number of para-hydroxylation sites is 2. The van der Waals surface area contributed by atoms with Gasteiger partial charge in [0, 0.05) is 19.6 Å². The third-order valence-corrected chi connectivity index (χ3v) is 7.68. The van der Waals surface area contributed by atoms with Crippen molar-refractivity contribution in [3.8, 4) is 11.5 Å². The summed E-state index contributed by atoms with van der Waals surface area (Å²) in [5, 5.41) is 7.87. The van der Waals surface area contributed by atoms with Gasteiger partial charge in [-0.05, 0) is 50.0 Å². The molecule has 0 saturated carbocycles. The molecule has 0 amide bonds. The fourth-order valence-corrected chi connectivity index (χ4v) is 5.59. The third-order valence-electron chi connectivity index (χ3n) is 7.68. The van der Waals surface area contributed by atoms with E-state index in [1.54, 1.807) is 0 Å². The molecule has 1 aliphatic heterocycles. The number of hydrogen-bond donors (Lipinski definition) is 0. The summed E-state index contributed by atoms with van der Waals surface area (Å²) in [6.07, 6.45) is 0. The van der Waals surface area contributed by atoms with E-state index in [4.69, 9.17) is 28.4 Å². The van der Waals surface area contributed by atoms with E-state index in [-0.39, 0.29) is 0 Å². The minimum atomic E-state index is 0.446. The topological polar surface area (TPSA) is 58.6 Å². The van der Waals surface area contributed by atoms with Crippen molar-refractivity contribution >= 4 is 32.3 Å². The first-order valence-corrected chi connectivity index (χ1v) is 14.9. The van der Waals surface area contributed by atoms with Crippen LogP contribution in [0.2, 0.25) is 0 Å². The monoisotopic (exact) mass is 569 g/mol. The molecule has 7 heteroatoms. The maximum absolute atomic E-state index is 5.95. The summed E-state index contributed by atoms with van der Waals surface area (Å²) in [5.74, 6) is 1.41. The molecule has 42 heavy (non-hydrogen) atoms. The number of fused-ring (bicyclic) bond motifs is 1. The Morgan fingerprint density at radius 1 is 0.452 bits per heavy atom. The second-order valence-electron chi connectivity index (χ2n) is 10.5. The van der Waals surface area contributed by atoms with Gasteiger partial charge in [-0.3, -0.25) is 4.90 Å². The van der Waals surface area contributed by atoms with Crippen LogP contribution in [0.4, 0.5) is 0 Å². The van der Waals surface area contributed by atoms with E-state index in [0.717, 1.165) is 19.6 Å². The molecular formula is C35H39NO6. The summed E-state index contributed by atoms with van der Waals surface area (Å²) in [6.45, 7) is 7.68. The average molecular weight is 570 g/mol. The van der Waals surface area contributed by atoms with E-state index in [0.29, 0.717) is 77.6 Å². The molecule has 0 bridgehead atoms. The van der Waals surface area contributed by atoms with Crippen LogP contribution in [-0.2, 0) is 25.5 Å². The van der Waals surface area contributed by atoms with Crippen molar-refractivity contribution in [1.82, 2.24) is 4.90 Å². The molecule has 1 heterocycles. The number of hydrogen-bond acceptors (Lipinski definition) is 7. The average Bonchev–Trinajstić information content (AvgIpc) is 3.02. The van der Waals surface area contributed by atoms with Crippen LogP contribution in [0.15, 0.2) is 78.9 Å². The van der Waals surface area contributed by atoms with Crippen molar-refractivity contribution in [2.24, 2.45) is 0 Å². The SMILES string of the molecule is c1ccc2c(c1)OCCOCCOCCN(Cc1ccc3ccc4cccc5ccc1c3c45)CCOCCOCCO2. The summed E-state index contributed by atoms with van der Waals surface area (Å²) in [6, 6.07) is 27.7. The van der Waals surface area contributed by atoms with Crippen LogP contribution >= 0.6 is 0 Å². The number of ether oxygens (including phenoxy) is 6. The highest BCUT2D eigenvalue weighted by Gasteiger charge is 2.14. The minimum Gasteiger partial charge on any atom is -0.487 e. The molecule has 1 aliphatic rings. The van der Waals surface area contributed by atoms with E-state index in [1.165, 1.54) is 37.9 Å². The van der Waals surface area contributed by atoms with Crippen LogP contribution in [0.3, 0.4) is 0 Å². The summed E-state index contributed by atoms with van der Waals surface area (Å²) in [4.78, 5) is 2.41. The van der Waals surface area contributed by atoms with E-state index < -0.39 is 0 Å². The Kier molecular flexibility index (Phi) is 9.98. The van der Waals surface area contributed by atoms with Gasteiger partial charge in [-0.25, -0.2) is 0 Å². The number of benzene rings is 5. The zero-order valence-corrected chi connectivity index (χ0v) is 24.1. The Balaban J connectivity index is 1.09. The quantitative estimate of drug-likeness (QED) is 0.245. The molecule has 0 radical (unpaired) electrons. The molecule has 220 valence electrons. The first kappa shape index (κ1) is 28.6. The van der Waals surface area contributed by atoms with Crippen LogP contribution in [0.25, 0.3) is 32.3 Å². The second kappa shape index (κ2) is 14.6. The molecule has 6 rings (SSSR count). The highest BCUT2D eigenvalue weighted by molar-refractivity contribution is 6.23. The smallest absolute Gasteiger partial charge is 0.161 e. The van der Waals surface area contributed by atoms with Crippen LogP contribution < -0.4 is 9.47 Å². The van der Waals surface area contributed by atoms with Gasteiger partial charge in [0.1, 0.15) is 13.2 Å². The molecule has 0 unspecified atom stereocenters. The molecule has 0 fully saturated rings. The van der Waals surface area contributed by atoms with Gasteiger partial charge in [0.05, 0.1) is 52.9 Å². The summed E-state index contributed by atoms with van der Waals surface area (Å²) >= 11 is 0. The summed E-state index contributed by atoms with van der Waals surface area (Å²) in [5.41, 5.74) is 1.32. The Morgan fingerprint density at radius 2 is 0.952 bits per heavy atom. The van der Waals surface area contributed by atoms with E-state index in [1.807, 2.05) is 24.3 Å². The molecular weight excluding hydrogens is 530 g/mol. The maximum Gasteiger partial charge on any atom is 0.161 e. The molecule has 0 spiro atoms. The first-order valence-electron chi connectivity index (χ1n) is 14.9. The largest absolute Gasteiger partial charge is 0.487 e. The van der Waals surface area contributed by atoms with Crippen molar-refractivity contribution in [2.45, 2.75) is 6.54 Å². The summed E-state index contributed by atoms with van der Waals surface area (Å²) in [7, 11) is 0. The molecule has 5 aromatic carbocycles. The van der Waals surface area contributed by atoms with Crippen LogP contribution in [0.1, 0.15) is 5.56 Å². The van der Waals surface area contributed by atoms with Crippen molar-refractivity contribution in [3.05, 3.63) is 84.4 Å². The van der Waals surface area contributed by atoms with Gasteiger partial charge in [-0.1, -0.05) is 66.7 Å².